The van der Waals surface area contributed by atoms with Crippen molar-refractivity contribution in [3.63, 3.8) is 0 Å². The third-order valence-electron chi connectivity index (χ3n) is 3.95. The number of imidazole rings is 1. The van der Waals surface area contributed by atoms with Gasteiger partial charge in [-0.3, -0.25) is 9.59 Å². The molecule has 10 heteroatoms. The molecule has 3 N–H and O–H groups in total. The highest BCUT2D eigenvalue weighted by Gasteiger charge is 2.57. The highest BCUT2D eigenvalue weighted by Crippen LogP contribution is 2.40. The van der Waals surface area contributed by atoms with Crippen LogP contribution in [-0.2, 0) is 22.2 Å². The second kappa shape index (κ2) is 8.32. The summed E-state index contributed by atoms with van der Waals surface area (Å²) in [6.45, 7) is 2.75. The van der Waals surface area contributed by atoms with Crippen LogP contribution >= 0.6 is 0 Å². The Labute approximate surface area is 143 Å². The summed E-state index contributed by atoms with van der Waals surface area (Å²) < 4.78 is 40.9. The normalized spacial score (nSPS) is 15.3. The van der Waals surface area contributed by atoms with Crippen LogP contribution in [-0.4, -0.2) is 45.7 Å². The van der Waals surface area contributed by atoms with Gasteiger partial charge in [0.25, 0.3) is 0 Å². The summed E-state index contributed by atoms with van der Waals surface area (Å²) in [4.78, 5) is 26.7. The van der Waals surface area contributed by atoms with E-state index in [1.165, 1.54) is 13.2 Å². The highest BCUT2D eigenvalue weighted by atomic mass is 19.4. The molecule has 2 amide bonds. The lowest BCUT2D eigenvalue weighted by molar-refractivity contribution is -0.272. The van der Waals surface area contributed by atoms with E-state index in [4.69, 9.17) is 0 Å². The fourth-order valence-corrected chi connectivity index (χ4v) is 2.12. The van der Waals surface area contributed by atoms with Gasteiger partial charge in [0.2, 0.25) is 17.4 Å². The predicted octanol–water partition coefficient (Wildman–Crippen LogP) is 0.839. The second-order valence-electron chi connectivity index (χ2n) is 5.85. The smallest absolute Gasteiger partial charge is 0.374 e. The first-order valence-electron chi connectivity index (χ1n) is 7.84. The first-order chi connectivity index (χ1) is 11.5. The van der Waals surface area contributed by atoms with Crippen LogP contribution in [0.2, 0.25) is 0 Å². The average Bonchev–Trinajstić information content (AvgIpc) is 2.97. The van der Waals surface area contributed by atoms with Crippen molar-refractivity contribution in [1.29, 1.82) is 0 Å². The maximum Gasteiger partial charge on any atom is 0.424 e. The van der Waals surface area contributed by atoms with Gasteiger partial charge in [0, 0.05) is 38.3 Å². The van der Waals surface area contributed by atoms with Crippen molar-refractivity contribution in [2.24, 2.45) is 13.0 Å². The largest absolute Gasteiger partial charge is 0.424 e. The lowest BCUT2D eigenvalue weighted by Gasteiger charge is -2.30. The van der Waals surface area contributed by atoms with E-state index in [1.54, 1.807) is 6.92 Å². The number of amides is 2. The molecule has 0 saturated carbocycles. The number of aryl methyl sites for hydroxylation is 1. The number of halogens is 3. The molecule has 1 aromatic rings. The predicted molar refractivity (Wildman–Crippen MR) is 83.3 cm³/mol. The van der Waals surface area contributed by atoms with Crippen molar-refractivity contribution < 1.29 is 27.9 Å². The fourth-order valence-electron chi connectivity index (χ4n) is 2.12. The summed E-state index contributed by atoms with van der Waals surface area (Å²) in [5, 5.41) is 14.7. The van der Waals surface area contributed by atoms with Crippen molar-refractivity contribution in [2.45, 2.75) is 38.5 Å². The third kappa shape index (κ3) is 5.18. The maximum atomic E-state index is 13.3. The van der Waals surface area contributed by atoms with Crippen LogP contribution in [0.4, 0.5) is 13.2 Å². The van der Waals surface area contributed by atoms with Gasteiger partial charge >= 0.3 is 6.18 Å². The lowest BCUT2D eigenvalue weighted by Crippen LogP contribution is -2.47. The van der Waals surface area contributed by atoms with Gasteiger partial charge in [-0.05, 0) is 6.42 Å². The number of nitrogens with one attached hydrogen (secondary N) is 2. The third-order valence-corrected chi connectivity index (χ3v) is 3.95. The fraction of sp³-hybridized carbons (Fsp3) is 0.667. The monoisotopic (exact) mass is 364 g/mol. The van der Waals surface area contributed by atoms with Crippen LogP contribution in [0.3, 0.4) is 0 Å². The number of hydrogen-bond acceptors (Lipinski definition) is 4. The van der Waals surface area contributed by atoms with Gasteiger partial charge in [-0.15, -0.1) is 0 Å². The van der Waals surface area contributed by atoms with Crippen LogP contribution in [0.1, 0.15) is 32.5 Å². The van der Waals surface area contributed by atoms with Crippen LogP contribution in [0.5, 0.6) is 0 Å². The van der Waals surface area contributed by atoms with Crippen molar-refractivity contribution in [1.82, 2.24) is 20.2 Å². The summed E-state index contributed by atoms with van der Waals surface area (Å²) in [7, 11) is 1.34. The quantitative estimate of drug-likeness (QED) is 0.637. The van der Waals surface area contributed by atoms with Crippen LogP contribution in [0.25, 0.3) is 0 Å². The molecule has 0 bridgehead atoms. The molecule has 142 valence electrons. The Hall–Kier alpha value is -2.10. The van der Waals surface area contributed by atoms with Gasteiger partial charge in [0.1, 0.15) is 5.82 Å². The van der Waals surface area contributed by atoms with E-state index in [9.17, 15) is 27.9 Å². The van der Waals surface area contributed by atoms with E-state index in [-0.39, 0.29) is 18.4 Å². The number of hydrogen-bond donors (Lipinski definition) is 3. The van der Waals surface area contributed by atoms with Gasteiger partial charge in [-0.25, -0.2) is 4.98 Å². The zero-order chi connectivity index (χ0) is 19.3. The summed E-state index contributed by atoms with van der Waals surface area (Å²) in [6, 6.07) is 0. The van der Waals surface area contributed by atoms with Gasteiger partial charge in [0.05, 0.1) is 6.54 Å². The van der Waals surface area contributed by atoms with Gasteiger partial charge in [-0.1, -0.05) is 13.8 Å². The van der Waals surface area contributed by atoms with Gasteiger partial charge in [-0.2, -0.15) is 13.2 Å². The molecule has 0 aliphatic rings. The van der Waals surface area contributed by atoms with E-state index in [1.807, 2.05) is 6.92 Å². The van der Waals surface area contributed by atoms with E-state index < -0.39 is 36.5 Å². The molecule has 0 fully saturated rings. The van der Waals surface area contributed by atoms with Crippen molar-refractivity contribution >= 4 is 11.8 Å². The van der Waals surface area contributed by atoms with E-state index in [0.29, 0.717) is 6.42 Å². The minimum absolute atomic E-state index is 0.258. The van der Waals surface area contributed by atoms with Gasteiger partial charge in [0.15, 0.2) is 0 Å². The van der Waals surface area contributed by atoms with Gasteiger partial charge < -0.3 is 20.3 Å². The summed E-state index contributed by atoms with van der Waals surface area (Å²) >= 11 is 0. The van der Waals surface area contributed by atoms with E-state index >= 15 is 0 Å². The van der Waals surface area contributed by atoms with Crippen molar-refractivity contribution in [3.05, 3.63) is 18.2 Å². The van der Waals surface area contributed by atoms with E-state index in [2.05, 4.69) is 15.6 Å². The molecule has 7 nitrogen and oxygen atoms in total. The number of alkyl halides is 3. The molecule has 0 spiro atoms. The average molecular weight is 364 g/mol. The molecule has 1 heterocycles. The minimum atomic E-state index is -4.96. The molecule has 0 aliphatic carbocycles. The molecule has 25 heavy (non-hydrogen) atoms. The second-order valence-corrected chi connectivity index (χ2v) is 5.85. The minimum Gasteiger partial charge on any atom is -0.374 e. The molecule has 2 atom stereocenters. The van der Waals surface area contributed by atoms with Crippen LogP contribution < -0.4 is 10.6 Å². The van der Waals surface area contributed by atoms with Crippen molar-refractivity contribution in [2.75, 3.05) is 13.1 Å². The Balaban J connectivity index is 2.61. The molecular formula is C15H23F3N4O3. The molecule has 0 radical (unpaired) electrons. The Morgan fingerprint density at radius 3 is 2.48 bits per heavy atom. The SMILES string of the molecule is CCC(C)C(=O)NCC(=O)NCCC(O)(c1nccn1C)C(F)(F)F. The first kappa shape index (κ1) is 20.9. The summed E-state index contributed by atoms with van der Waals surface area (Å²) in [5.74, 6) is -1.76. The molecule has 0 saturated heterocycles. The molecule has 2 unspecified atom stereocenters. The number of carbonyl (C=O) groups excluding carboxylic acids is 2. The first-order valence-corrected chi connectivity index (χ1v) is 7.84. The molecular weight excluding hydrogens is 341 g/mol. The molecule has 0 aliphatic heterocycles. The standard InChI is InChI=1S/C15H23F3N4O3/c1-4-10(2)12(24)21-9-11(23)19-6-5-14(25,15(16,17)18)13-20-7-8-22(13)3/h7-8,10,25H,4-6,9H2,1-3H3,(H,19,23)(H,21,24). The zero-order valence-corrected chi connectivity index (χ0v) is 14.4. The number of nitrogens with zero attached hydrogens (tertiary/aromatic N) is 2. The summed E-state index contributed by atoms with van der Waals surface area (Å²) in [5.41, 5.74) is -3.18. The zero-order valence-electron chi connectivity index (χ0n) is 14.4. The number of rotatable bonds is 8. The number of aromatic nitrogens is 2. The van der Waals surface area contributed by atoms with Crippen molar-refractivity contribution in [3.8, 4) is 0 Å². The Morgan fingerprint density at radius 2 is 2.00 bits per heavy atom. The maximum absolute atomic E-state index is 13.3. The Morgan fingerprint density at radius 1 is 1.36 bits per heavy atom. The number of aliphatic hydroxyl groups is 1. The van der Waals surface area contributed by atoms with E-state index in [0.717, 1.165) is 10.8 Å². The Bertz CT molecular complexity index is 603. The molecule has 1 rings (SSSR count). The topological polar surface area (TPSA) is 96.2 Å². The lowest BCUT2D eigenvalue weighted by atomic mass is 9.97. The Kier molecular flexibility index (Phi) is 6.97. The van der Waals surface area contributed by atoms with Crippen LogP contribution in [0.15, 0.2) is 12.4 Å². The number of carbonyl (C=O) groups is 2. The summed E-state index contributed by atoms with van der Waals surface area (Å²) in [6.07, 6.45) is -2.71. The van der Waals surface area contributed by atoms with Crippen LogP contribution in [0, 0.1) is 5.92 Å². The molecule has 1 aromatic heterocycles. The highest BCUT2D eigenvalue weighted by molar-refractivity contribution is 5.85. The molecule has 0 aromatic carbocycles.